The smallest absolute Gasteiger partial charge is 0.303 e. The van der Waals surface area contributed by atoms with Gasteiger partial charge in [0, 0.05) is 24.1 Å². The van der Waals surface area contributed by atoms with Crippen molar-refractivity contribution in [1.29, 1.82) is 0 Å². The van der Waals surface area contributed by atoms with Crippen LogP contribution >= 0.6 is 0 Å². The quantitative estimate of drug-likeness (QED) is 0.691. The lowest BCUT2D eigenvalue weighted by Gasteiger charge is -2.11. The summed E-state index contributed by atoms with van der Waals surface area (Å²) in [6.07, 6.45) is 0.575. The lowest BCUT2D eigenvalue weighted by atomic mass is 10.1. The Labute approximate surface area is 117 Å². The summed E-state index contributed by atoms with van der Waals surface area (Å²) in [7, 11) is 0. The van der Waals surface area contributed by atoms with Crippen LogP contribution < -0.4 is 11.1 Å². The first-order valence-corrected chi connectivity index (χ1v) is 6.30. The number of carbonyl (C=O) groups excluding carboxylic acids is 2. The topological polar surface area (TPSA) is 109 Å². The van der Waals surface area contributed by atoms with Crippen LogP contribution in [0.3, 0.4) is 0 Å². The lowest BCUT2D eigenvalue weighted by molar-refractivity contribution is -0.137. The minimum atomic E-state index is -0.850. The van der Waals surface area contributed by atoms with E-state index in [0.29, 0.717) is 18.5 Å². The number of carboxylic acids is 1. The van der Waals surface area contributed by atoms with E-state index in [1.807, 2.05) is 6.92 Å². The van der Waals surface area contributed by atoms with E-state index in [0.717, 1.165) is 0 Å². The molecule has 0 saturated carbocycles. The van der Waals surface area contributed by atoms with Gasteiger partial charge >= 0.3 is 5.97 Å². The molecule has 0 aliphatic carbocycles. The summed E-state index contributed by atoms with van der Waals surface area (Å²) in [5.41, 5.74) is 5.77. The van der Waals surface area contributed by atoms with Crippen LogP contribution in [0.5, 0.6) is 0 Å². The molecule has 4 N–H and O–H groups in total. The number of hydrogen-bond acceptors (Lipinski definition) is 3. The van der Waals surface area contributed by atoms with Crippen molar-refractivity contribution >= 4 is 17.8 Å². The molecule has 1 rings (SSSR count). The number of benzene rings is 1. The van der Waals surface area contributed by atoms with E-state index in [4.69, 9.17) is 10.8 Å². The molecular formula is C14H18N2O4. The Balaban J connectivity index is 2.52. The van der Waals surface area contributed by atoms with Crippen molar-refractivity contribution in [2.24, 2.45) is 11.7 Å². The fourth-order valence-corrected chi connectivity index (χ4v) is 1.65. The first-order chi connectivity index (χ1) is 9.40. The summed E-state index contributed by atoms with van der Waals surface area (Å²) >= 11 is 0. The molecule has 6 nitrogen and oxygen atoms in total. The standard InChI is InChI=1S/C14H18N2O4/c1-9(5-6-12(17)18)8-16-14(20)11-4-2-3-10(7-11)13(15)19/h2-4,7,9H,5-6,8H2,1H3,(H2,15,19)(H,16,20)(H,17,18). The molecule has 6 heteroatoms. The van der Waals surface area contributed by atoms with E-state index in [9.17, 15) is 14.4 Å². The van der Waals surface area contributed by atoms with Gasteiger partial charge in [-0.3, -0.25) is 14.4 Å². The molecule has 1 unspecified atom stereocenters. The maximum Gasteiger partial charge on any atom is 0.303 e. The van der Waals surface area contributed by atoms with Crippen LogP contribution in [0.1, 0.15) is 40.5 Å². The molecular weight excluding hydrogens is 260 g/mol. The summed E-state index contributed by atoms with van der Waals surface area (Å²) < 4.78 is 0. The summed E-state index contributed by atoms with van der Waals surface area (Å²) in [6, 6.07) is 6.14. The monoisotopic (exact) mass is 278 g/mol. The third-order valence-corrected chi connectivity index (χ3v) is 2.87. The molecule has 0 radical (unpaired) electrons. The zero-order chi connectivity index (χ0) is 15.1. The van der Waals surface area contributed by atoms with Crippen molar-refractivity contribution in [1.82, 2.24) is 5.32 Å². The van der Waals surface area contributed by atoms with Crippen LogP contribution in [-0.4, -0.2) is 29.4 Å². The van der Waals surface area contributed by atoms with Gasteiger partial charge in [0.1, 0.15) is 0 Å². The van der Waals surface area contributed by atoms with E-state index in [-0.39, 0.29) is 23.8 Å². The summed E-state index contributed by atoms with van der Waals surface area (Å²) in [4.78, 5) is 33.3. The van der Waals surface area contributed by atoms with Gasteiger partial charge in [-0.2, -0.15) is 0 Å². The molecule has 0 bridgehead atoms. The van der Waals surface area contributed by atoms with Gasteiger partial charge < -0.3 is 16.2 Å². The fraction of sp³-hybridized carbons (Fsp3) is 0.357. The molecule has 0 fully saturated rings. The molecule has 0 saturated heterocycles. The van der Waals surface area contributed by atoms with Crippen LogP contribution in [0, 0.1) is 5.92 Å². The largest absolute Gasteiger partial charge is 0.481 e. The summed E-state index contributed by atoms with van der Waals surface area (Å²) in [5, 5.41) is 11.3. The van der Waals surface area contributed by atoms with Crippen molar-refractivity contribution in [3.63, 3.8) is 0 Å². The third kappa shape index (κ3) is 5.09. The number of primary amides is 1. The second-order valence-electron chi connectivity index (χ2n) is 4.69. The minimum Gasteiger partial charge on any atom is -0.481 e. The Morgan fingerprint density at radius 1 is 1.30 bits per heavy atom. The Kier molecular flexibility index (Phi) is 5.71. The van der Waals surface area contributed by atoms with Gasteiger partial charge in [-0.05, 0) is 30.5 Å². The Morgan fingerprint density at radius 2 is 1.95 bits per heavy atom. The van der Waals surface area contributed by atoms with Gasteiger partial charge in [-0.1, -0.05) is 13.0 Å². The average Bonchev–Trinajstić information content (AvgIpc) is 2.42. The van der Waals surface area contributed by atoms with Gasteiger partial charge in [0.05, 0.1) is 0 Å². The van der Waals surface area contributed by atoms with Gasteiger partial charge in [-0.15, -0.1) is 0 Å². The van der Waals surface area contributed by atoms with Gasteiger partial charge in [0.15, 0.2) is 0 Å². The molecule has 0 spiro atoms. The zero-order valence-corrected chi connectivity index (χ0v) is 11.3. The highest BCUT2D eigenvalue weighted by Crippen LogP contribution is 2.07. The number of carboxylic acid groups (broad SMARTS) is 1. The number of nitrogens with two attached hydrogens (primary N) is 1. The van der Waals surface area contributed by atoms with Crippen LogP contribution in [0.4, 0.5) is 0 Å². The molecule has 0 heterocycles. The number of rotatable bonds is 7. The number of aliphatic carboxylic acids is 1. The van der Waals surface area contributed by atoms with Crippen molar-refractivity contribution in [2.75, 3.05) is 6.54 Å². The molecule has 0 aliphatic heterocycles. The Hall–Kier alpha value is -2.37. The lowest BCUT2D eigenvalue weighted by Crippen LogP contribution is -2.28. The first kappa shape index (κ1) is 15.7. The zero-order valence-electron chi connectivity index (χ0n) is 11.3. The third-order valence-electron chi connectivity index (χ3n) is 2.87. The maximum atomic E-state index is 11.9. The molecule has 0 aromatic heterocycles. The second-order valence-corrected chi connectivity index (χ2v) is 4.69. The number of amides is 2. The highest BCUT2D eigenvalue weighted by atomic mass is 16.4. The highest BCUT2D eigenvalue weighted by Gasteiger charge is 2.10. The van der Waals surface area contributed by atoms with Crippen LogP contribution in [-0.2, 0) is 4.79 Å². The average molecular weight is 278 g/mol. The molecule has 1 aromatic carbocycles. The second kappa shape index (κ2) is 7.28. The predicted octanol–water partition coefficient (Wildman–Crippen LogP) is 1.02. The van der Waals surface area contributed by atoms with Crippen molar-refractivity contribution in [3.8, 4) is 0 Å². The number of carbonyl (C=O) groups is 3. The molecule has 0 aliphatic rings. The summed E-state index contributed by atoms with van der Waals surface area (Å²) in [6.45, 7) is 2.25. The van der Waals surface area contributed by atoms with Crippen LogP contribution in [0.25, 0.3) is 0 Å². The summed E-state index contributed by atoms with van der Waals surface area (Å²) in [5.74, 6) is -1.68. The Bertz CT molecular complexity index is 514. The van der Waals surface area contributed by atoms with E-state index in [2.05, 4.69) is 5.32 Å². The normalized spacial score (nSPS) is 11.7. The highest BCUT2D eigenvalue weighted by molar-refractivity contribution is 5.99. The molecule has 1 atom stereocenters. The maximum absolute atomic E-state index is 11.9. The first-order valence-electron chi connectivity index (χ1n) is 6.30. The molecule has 2 amide bonds. The predicted molar refractivity (Wildman–Crippen MR) is 73.3 cm³/mol. The van der Waals surface area contributed by atoms with Gasteiger partial charge in [0.25, 0.3) is 5.91 Å². The van der Waals surface area contributed by atoms with E-state index >= 15 is 0 Å². The van der Waals surface area contributed by atoms with Gasteiger partial charge in [0.2, 0.25) is 5.91 Å². The SMILES string of the molecule is CC(CCC(=O)O)CNC(=O)c1cccc(C(N)=O)c1. The van der Waals surface area contributed by atoms with E-state index in [1.54, 1.807) is 12.1 Å². The molecule has 1 aromatic rings. The minimum absolute atomic E-state index is 0.0642. The van der Waals surface area contributed by atoms with Crippen molar-refractivity contribution < 1.29 is 19.5 Å². The van der Waals surface area contributed by atoms with Gasteiger partial charge in [-0.25, -0.2) is 0 Å². The van der Waals surface area contributed by atoms with E-state index in [1.165, 1.54) is 12.1 Å². The Morgan fingerprint density at radius 3 is 2.55 bits per heavy atom. The van der Waals surface area contributed by atoms with Crippen molar-refractivity contribution in [3.05, 3.63) is 35.4 Å². The number of hydrogen-bond donors (Lipinski definition) is 3. The van der Waals surface area contributed by atoms with E-state index < -0.39 is 11.9 Å². The van der Waals surface area contributed by atoms with Crippen molar-refractivity contribution in [2.45, 2.75) is 19.8 Å². The van der Waals surface area contributed by atoms with Crippen LogP contribution in [0.2, 0.25) is 0 Å². The number of nitrogens with one attached hydrogen (secondary N) is 1. The fourth-order valence-electron chi connectivity index (χ4n) is 1.65. The van der Waals surface area contributed by atoms with Crippen LogP contribution in [0.15, 0.2) is 24.3 Å². The molecule has 108 valence electrons. The molecule has 20 heavy (non-hydrogen) atoms.